The summed E-state index contributed by atoms with van der Waals surface area (Å²) < 4.78 is 6.76. The smallest absolute Gasteiger partial charge is 0.341 e. The van der Waals surface area contributed by atoms with Crippen LogP contribution in [0.3, 0.4) is 0 Å². The maximum atomic E-state index is 13.1. The van der Waals surface area contributed by atoms with Crippen molar-refractivity contribution < 1.29 is 14.3 Å². The van der Waals surface area contributed by atoms with E-state index in [-0.39, 0.29) is 11.9 Å². The molecule has 1 saturated heterocycles. The fourth-order valence-corrected chi connectivity index (χ4v) is 4.24. The number of nitrogens with zero attached hydrogens (tertiary/aromatic N) is 4. The predicted molar refractivity (Wildman–Crippen MR) is 128 cm³/mol. The van der Waals surface area contributed by atoms with E-state index in [1.54, 1.807) is 11.6 Å². The van der Waals surface area contributed by atoms with Crippen molar-refractivity contribution in [2.24, 2.45) is 0 Å². The molecule has 0 N–H and O–H groups in total. The second kappa shape index (κ2) is 9.48. The Balaban J connectivity index is 1.42. The van der Waals surface area contributed by atoms with Crippen molar-refractivity contribution in [1.82, 2.24) is 14.7 Å². The summed E-state index contributed by atoms with van der Waals surface area (Å²) in [7, 11) is 0. The van der Waals surface area contributed by atoms with Gasteiger partial charge in [0, 0.05) is 37.4 Å². The minimum Gasteiger partial charge on any atom is -0.462 e. The highest BCUT2D eigenvalue weighted by Gasteiger charge is 2.23. The summed E-state index contributed by atoms with van der Waals surface area (Å²) in [5, 5.41) is 4.32. The molecule has 0 bridgehead atoms. The standard InChI is InChI=1S/C26H30N4O3/c1-5-33-26(32)23-17-27-30(20(23)4)22-11-9-21(10-12-22)25(31)29-15-13-28(14-16-29)24-8-6-7-18(2)19(24)3/h6-12,17H,5,13-16H2,1-4H3. The van der Waals surface area contributed by atoms with Gasteiger partial charge in [0.1, 0.15) is 5.56 Å². The molecular formula is C26H30N4O3. The number of aromatic nitrogens is 2. The van der Waals surface area contributed by atoms with E-state index < -0.39 is 0 Å². The average Bonchev–Trinajstić information content (AvgIpc) is 3.22. The zero-order valence-electron chi connectivity index (χ0n) is 19.7. The van der Waals surface area contributed by atoms with Crippen molar-refractivity contribution in [1.29, 1.82) is 0 Å². The molecule has 4 rings (SSSR count). The lowest BCUT2D eigenvalue weighted by atomic mass is 10.1. The first-order chi connectivity index (χ1) is 15.9. The number of piperazine rings is 1. The second-order valence-corrected chi connectivity index (χ2v) is 8.32. The lowest BCUT2D eigenvalue weighted by Gasteiger charge is -2.37. The molecule has 7 nitrogen and oxygen atoms in total. The first-order valence-corrected chi connectivity index (χ1v) is 11.3. The minimum absolute atomic E-state index is 0.0339. The van der Waals surface area contributed by atoms with Crippen LogP contribution in [0.25, 0.3) is 5.69 Å². The molecule has 1 fully saturated rings. The molecule has 0 unspecified atom stereocenters. The summed E-state index contributed by atoms with van der Waals surface area (Å²) in [5.41, 5.74) is 6.42. The second-order valence-electron chi connectivity index (χ2n) is 8.32. The van der Waals surface area contributed by atoms with Gasteiger partial charge in [-0.2, -0.15) is 5.10 Å². The van der Waals surface area contributed by atoms with Crippen LogP contribution < -0.4 is 4.90 Å². The fourth-order valence-electron chi connectivity index (χ4n) is 4.24. The lowest BCUT2D eigenvalue weighted by Crippen LogP contribution is -2.49. The first-order valence-electron chi connectivity index (χ1n) is 11.3. The SMILES string of the molecule is CCOC(=O)c1cnn(-c2ccc(C(=O)N3CCN(c4cccc(C)c4C)CC3)cc2)c1C. The van der Waals surface area contributed by atoms with Gasteiger partial charge in [0.2, 0.25) is 0 Å². The van der Waals surface area contributed by atoms with Gasteiger partial charge in [0.25, 0.3) is 5.91 Å². The molecule has 2 heterocycles. The van der Waals surface area contributed by atoms with E-state index >= 15 is 0 Å². The topological polar surface area (TPSA) is 67.7 Å². The largest absolute Gasteiger partial charge is 0.462 e. The van der Waals surface area contributed by atoms with Crippen LogP contribution in [0, 0.1) is 20.8 Å². The maximum Gasteiger partial charge on any atom is 0.341 e. The Morgan fingerprint density at radius 3 is 2.33 bits per heavy atom. The predicted octanol–water partition coefficient (Wildman–Crippen LogP) is 3.94. The molecule has 2 aromatic carbocycles. The summed E-state index contributed by atoms with van der Waals surface area (Å²) in [5.74, 6) is -0.348. The van der Waals surface area contributed by atoms with Crippen molar-refractivity contribution in [2.75, 3.05) is 37.7 Å². The Labute approximate surface area is 194 Å². The number of amides is 1. The van der Waals surface area contributed by atoms with E-state index in [1.165, 1.54) is 23.0 Å². The molecule has 1 aliphatic rings. The van der Waals surface area contributed by atoms with E-state index in [0.29, 0.717) is 36.5 Å². The van der Waals surface area contributed by atoms with Gasteiger partial charge < -0.3 is 14.5 Å². The minimum atomic E-state index is -0.381. The zero-order chi connectivity index (χ0) is 23.5. The van der Waals surface area contributed by atoms with Crippen molar-refractivity contribution in [3.63, 3.8) is 0 Å². The van der Waals surface area contributed by atoms with E-state index in [1.807, 2.05) is 36.1 Å². The van der Waals surface area contributed by atoms with Crippen LogP contribution in [0.5, 0.6) is 0 Å². The molecule has 3 aromatic rings. The Kier molecular flexibility index (Phi) is 6.49. The van der Waals surface area contributed by atoms with Crippen molar-refractivity contribution >= 4 is 17.6 Å². The summed E-state index contributed by atoms with van der Waals surface area (Å²) in [4.78, 5) is 29.4. The van der Waals surface area contributed by atoms with Gasteiger partial charge in [0.15, 0.2) is 0 Å². The number of hydrogen-bond donors (Lipinski definition) is 0. The van der Waals surface area contributed by atoms with Gasteiger partial charge in [-0.25, -0.2) is 9.48 Å². The van der Waals surface area contributed by atoms with Gasteiger partial charge in [-0.1, -0.05) is 12.1 Å². The number of hydrogen-bond acceptors (Lipinski definition) is 5. The molecule has 0 atom stereocenters. The molecule has 0 aliphatic carbocycles. The van der Waals surface area contributed by atoms with Crippen molar-refractivity contribution in [3.8, 4) is 5.69 Å². The number of esters is 1. The highest BCUT2D eigenvalue weighted by atomic mass is 16.5. The van der Waals surface area contributed by atoms with Gasteiger partial charge >= 0.3 is 5.97 Å². The van der Waals surface area contributed by atoms with E-state index in [9.17, 15) is 9.59 Å². The first kappa shape index (κ1) is 22.6. The van der Waals surface area contributed by atoms with E-state index in [0.717, 1.165) is 18.8 Å². The van der Waals surface area contributed by atoms with Gasteiger partial charge in [-0.05, 0) is 69.2 Å². The number of aryl methyl sites for hydroxylation is 1. The van der Waals surface area contributed by atoms with Crippen LogP contribution in [0.1, 0.15) is 44.5 Å². The number of ether oxygens (including phenoxy) is 1. The summed E-state index contributed by atoms with van der Waals surface area (Å²) >= 11 is 0. The van der Waals surface area contributed by atoms with Gasteiger partial charge in [-0.3, -0.25) is 4.79 Å². The Morgan fingerprint density at radius 1 is 0.970 bits per heavy atom. The summed E-state index contributed by atoms with van der Waals surface area (Å²) in [6.45, 7) is 11.2. The molecule has 7 heteroatoms. The highest BCUT2D eigenvalue weighted by Crippen LogP contribution is 2.24. The number of carbonyl (C=O) groups is 2. The zero-order valence-corrected chi connectivity index (χ0v) is 19.7. The van der Waals surface area contributed by atoms with Crippen molar-refractivity contribution in [3.05, 3.63) is 76.6 Å². The molecule has 0 radical (unpaired) electrons. The molecule has 1 aliphatic heterocycles. The van der Waals surface area contributed by atoms with E-state index in [4.69, 9.17) is 4.74 Å². The molecule has 33 heavy (non-hydrogen) atoms. The van der Waals surface area contributed by atoms with Crippen LogP contribution in [-0.2, 0) is 4.74 Å². The molecular weight excluding hydrogens is 416 g/mol. The van der Waals surface area contributed by atoms with E-state index in [2.05, 4.69) is 42.0 Å². The molecule has 1 amide bonds. The normalized spacial score (nSPS) is 13.8. The molecule has 172 valence electrons. The molecule has 0 saturated carbocycles. The Hall–Kier alpha value is -3.61. The maximum absolute atomic E-state index is 13.1. The van der Waals surface area contributed by atoms with Gasteiger partial charge in [0.05, 0.1) is 24.2 Å². The monoisotopic (exact) mass is 446 g/mol. The average molecular weight is 447 g/mol. The number of benzene rings is 2. The van der Waals surface area contributed by atoms with Crippen molar-refractivity contribution in [2.45, 2.75) is 27.7 Å². The lowest BCUT2D eigenvalue weighted by molar-refractivity contribution is 0.0525. The van der Waals surface area contributed by atoms with Crippen LogP contribution in [0.15, 0.2) is 48.7 Å². The quantitative estimate of drug-likeness (QED) is 0.556. The third-order valence-corrected chi connectivity index (χ3v) is 6.35. The number of anilines is 1. The Morgan fingerprint density at radius 2 is 1.67 bits per heavy atom. The number of carbonyl (C=O) groups excluding carboxylic acids is 2. The highest BCUT2D eigenvalue weighted by molar-refractivity contribution is 5.94. The third kappa shape index (κ3) is 4.49. The number of rotatable bonds is 5. The Bertz CT molecular complexity index is 1160. The molecule has 0 spiro atoms. The van der Waals surface area contributed by atoms with Crippen LogP contribution in [0.4, 0.5) is 5.69 Å². The fraction of sp³-hybridized carbons (Fsp3) is 0.346. The van der Waals surface area contributed by atoms with Crippen LogP contribution >= 0.6 is 0 Å². The summed E-state index contributed by atoms with van der Waals surface area (Å²) in [6, 6.07) is 13.7. The third-order valence-electron chi connectivity index (χ3n) is 6.35. The van der Waals surface area contributed by atoms with Crippen LogP contribution in [0.2, 0.25) is 0 Å². The van der Waals surface area contributed by atoms with Gasteiger partial charge in [-0.15, -0.1) is 0 Å². The molecule has 1 aromatic heterocycles. The summed E-state index contributed by atoms with van der Waals surface area (Å²) in [6.07, 6.45) is 1.52. The van der Waals surface area contributed by atoms with Crippen LogP contribution in [-0.4, -0.2) is 59.3 Å².